The minimum atomic E-state index is -0.649. The van der Waals surface area contributed by atoms with E-state index in [0.29, 0.717) is 15.9 Å². The van der Waals surface area contributed by atoms with Crippen LogP contribution in [-0.4, -0.2) is 29.1 Å². The Morgan fingerprint density at radius 3 is 3.00 bits per heavy atom. The summed E-state index contributed by atoms with van der Waals surface area (Å²) in [5, 5.41) is 0.884. The van der Waals surface area contributed by atoms with Gasteiger partial charge in [-0.15, -0.1) is 0 Å². The zero-order chi connectivity index (χ0) is 10.1. The van der Waals surface area contributed by atoms with Crippen molar-refractivity contribution in [3.63, 3.8) is 0 Å². The van der Waals surface area contributed by atoms with Crippen LogP contribution in [0.15, 0.2) is 11.3 Å². The number of methoxy groups -OCH3 is 1. The Morgan fingerprint density at radius 1 is 1.57 bits per heavy atom. The zero-order valence-electron chi connectivity index (χ0n) is 7.27. The summed E-state index contributed by atoms with van der Waals surface area (Å²) < 4.78 is 4.55. The van der Waals surface area contributed by atoms with Gasteiger partial charge in [0.1, 0.15) is 11.5 Å². The van der Waals surface area contributed by atoms with Crippen LogP contribution >= 0.6 is 11.6 Å². The molecule has 0 bridgehead atoms. The van der Waals surface area contributed by atoms with E-state index in [4.69, 9.17) is 11.6 Å². The van der Waals surface area contributed by atoms with Gasteiger partial charge in [0, 0.05) is 0 Å². The average molecular weight is 212 g/mol. The molecule has 72 valence electrons. The Hall–Kier alpha value is -1.49. The molecule has 0 radical (unpaired) electrons. The molecule has 0 aliphatic carbocycles. The maximum Gasteiger partial charge on any atom is 0.334 e. The lowest BCUT2D eigenvalue weighted by Gasteiger charge is -1.99. The number of carbonyl (C=O) groups is 1. The first-order chi connectivity index (χ1) is 6.72. The number of rotatable bonds is 1. The third-order valence-corrected chi connectivity index (χ3v) is 2.14. The number of hydrogen-bond acceptors (Lipinski definition) is 5. The first-order valence-corrected chi connectivity index (χ1v) is 4.24. The van der Waals surface area contributed by atoms with Crippen LogP contribution < -0.4 is 10.7 Å². The number of fused-ring (bicyclic) bond motifs is 1. The highest BCUT2D eigenvalue weighted by atomic mass is 35.5. The summed E-state index contributed by atoms with van der Waals surface area (Å²) in [7, 11) is 1.31. The predicted octanol–water partition coefficient (Wildman–Crippen LogP) is -0.915. The summed E-state index contributed by atoms with van der Waals surface area (Å²) in [6.45, 7) is 0. The first kappa shape index (κ1) is 9.08. The fraction of sp³-hybridized carbons (Fsp3) is 0.250. The standard InChI is InChI=1S/C8H6ClN3O2/c1-14-8(13)5-2-4-6(9)10-3-11-7(4)12-5/h2-3,5H,1H3/t5-/m0/s1. The highest BCUT2D eigenvalue weighted by molar-refractivity contribution is 6.29. The van der Waals surface area contributed by atoms with Gasteiger partial charge in [-0.25, -0.2) is 19.8 Å². The van der Waals surface area contributed by atoms with Crippen LogP contribution in [0, 0.1) is 0 Å². The molecule has 1 aromatic heterocycles. The van der Waals surface area contributed by atoms with E-state index in [1.165, 1.54) is 13.4 Å². The molecule has 0 saturated heterocycles. The summed E-state index contributed by atoms with van der Waals surface area (Å²) in [6.07, 6.45) is 2.89. The Morgan fingerprint density at radius 2 is 2.36 bits per heavy atom. The minimum Gasteiger partial charge on any atom is -0.467 e. The second kappa shape index (κ2) is 3.34. The van der Waals surface area contributed by atoms with Crippen LogP contribution in [-0.2, 0) is 9.53 Å². The number of aromatic nitrogens is 2. The van der Waals surface area contributed by atoms with Crippen molar-refractivity contribution in [2.45, 2.75) is 6.04 Å². The van der Waals surface area contributed by atoms with Crippen molar-refractivity contribution >= 4 is 23.6 Å². The molecule has 2 rings (SSSR count). The number of nitrogens with zero attached hydrogens (tertiary/aromatic N) is 3. The molecule has 0 saturated carbocycles. The molecule has 1 atom stereocenters. The van der Waals surface area contributed by atoms with Crippen LogP contribution in [0.4, 0.5) is 0 Å². The highest BCUT2D eigenvalue weighted by Gasteiger charge is 2.19. The summed E-state index contributed by atoms with van der Waals surface area (Å²) in [5.74, 6) is -0.431. The van der Waals surface area contributed by atoms with E-state index in [1.54, 1.807) is 6.08 Å². The van der Waals surface area contributed by atoms with Gasteiger partial charge in [0.2, 0.25) is 0 Å². The molecule has 6 heteroatoms. The molecule has 5 nitrogen and oxygen atoms in total. The summed E-state index contributed by atoms with van der Waals surface area (Å²) in [6, 6.07) is -0.649. The highest BCUT2D eigenvalue weighted by Crippen LogP contribution is 2.00. The predicted molar refractivity (Wildman–Crippen MR) is 48.1 cm³/mol. The lowest BCUT2D eigenvalue weighted by atomic mass is 10.3. The monoisotopic (exact) mass is 211 g/mol. The fourth-order valence-corrected chi connectivity index (χ4v) is 1.37. The van der Waals surface area contributed by atoms with Gasteiger partial charge in [-0.1, -0.05) is 11.6 Å². The maximum absolute atomic E-state index is 11.2. The third-order valence-electron chi connectivity index (χ3n) is 1.84. The quantitative estimate of drug-likeness (QED) is 0.446. The van der Waals surface area contributed by atoms with Crippen molar-refractivity contribution in [3.05, 3.63) is 22.2 Å². The van der Waals surface area contributed by atoms with Crippen molar-refractivity contribution in [3.8, 4) is 0 Å². The maximum atomic E-state index is 11.2. The molecule has 1 aliphatic rings. The van der Waals surface area contributed by atoms with Crippen molar-refractivity contribution in [1.82, 2.24) is 9.97 Å². The van der Waals surface area contributed by atoms with Gasteiger partial charge in [-0.3, -0.25) is 0 Å². The average Bonchev–Trinajstić information content (AvgIpc) is 2.62. The van der Waals surface area contributed by atoms with E-state index in [0.717, 1.165) is 0 Å². The molecule has 1 aliphatic heterocycles. The van der Waals surface area contributed by atoms with E-state index in [-0.39, 0.29) is 0 Å². The Kier molecular flexibility index (Phi) is 2.17. The van der Waals surface area contributed by atoms with Crippen molar-refractivity contribution < 1.29 is 9.53 Å². The molecule has 14 heavy (non-hydrogen) atoms. The lowest BCUT2D eigenvalue weighted by molar-refractivity contribution is -0.140. The SMILES string of the molecule is COC(=O)[C@@H]1C=c2c(Cl)ncnc2=N1. The van der Waals surface area contributed by atoms with Crippen LogP contribution in [0.2, 0.25) is 5.15 Å². The van der Waals surface area contributed by atoms with Gasteiger partial charge in [-0.2, -0.15) is 0 Å². The van der Waals surface area contributed by atoms with Crippen LogP contribution in [0.5, 0.6) is 0 Å². The Bertz CT molecular complexity index is 500. The molecule has 0 N–H and O–H groups in total. The molecular weight excluding hydrogens is 206 g/mol. The van der Waals surface area contributed by atoms with Crippen LogP contribution in [0.1, 0.15) is 0 Å². The Labute approximate surface area is 84.1 Å². The van der Waals surface area contributed by atoms with E-state index in [9.17, 15) is 4.79 Å². The van der Waals surface area contributed by atoms with Gasteiger partial charge >= 0.3 is 5.97 Å². The molecule has 0 spiro atoms. The molecular formula is C8H6ClN3O2. The van der Waals surface area contributed by atoms with Gasteiger partial charge in [0.05, 0.1) is 12.3 Å². The summed E-state index contributed by atoms with van der Waals surface area (Å²) in [5.41, 5.74) is 0.431. The minimum absolute atomic E-state index is 0.296. The van der Waals surface area contributed by atoms with Crippen LogP contribution in [0.3, 0.4) is 0 Å². The number of hydrogen-bond donors (Lipinski definition) is 0. The van der Waals surface area contributed by atoms with Crippen molar-refractivity contribution in [2.24, 2.45) is 4.99 Å². The van der Waals surface area contributed by atoms with E-state index in [1.807, 2.05) is 0 Å². The topological polar surface area (TPSA) is 64.4 Å². The lowest BCUT2D eigenvalue weighted by Crippen LogP contribution is -2.26. The molecule has 0 aromatic carbocycles. The normalized spacial score (nSPS) is 18.0. The second-order valence-electron chi connectivity index (χ2n) is 2.67. The van der Waals surface area contributed by atoms with Crippen molar-refractivity contribution in [2.75, 3.05) is 7.11 Å². The number of esters is 1. The van der Waals surface area contributed by atoms with Gasteiger partial charge in [0.25, 0.3) is 0 Å². The van der Waals surface area contributed by atoms with E-state index < -0.39 is 12.0 Å². The van der Waals surface area contributed by atoms with Crippen LogP contribution in [0.25, 0.3) is 6.08 Å². The third kappa shape index (κ3) is 1.35. The van der Waals surface area contributed by atoms with E-state index >= 15 is 0 Å². The van der Waals surface area contributed by atoms with Gasteiger partial charge < -0.3 is 4.74 Å². The first-order valence-electron chi connectivity index (χ1n) is 3.86. The number of ether oxygens (including phenoxy) is 1. The molecule has 0 amide bonds. The molecule has 2 heterocycles. The molecule has 0 unspecified atom stereocenters. The smallest absolute Gasteiger partial charge is 0.334 e. The summed E-state index contributed by atoms with van der Waals surface area (Å²) >= 11 is 5.79. The molecule has 0 fully saturated rings. The zero-order valence-corrected chi connectivity index (χ0v) is 8.02. The van der Waals surface area contributed by atoms with Crippen molar-refractivity contribution in [1.29, 1.82) is 0 Å². The number of halogens is 1. The number of carbonyl (C=O) groups excluding carboxylic acids is 1. The van der Waals surface area contributed by atoms with Gasteiger partial charge in [0.15, 0.2) is 11.5 Å². The second-order valence-corrected chi connectivity index (χ2v) is 3.02. The Balaban J connectivity index is 2.54. The fourth-order valence-electron chi connectivity index (χ4n) is 1.18. The van der Waals surface area contributed by atoms with Gasteiger partial charge in [-0.05, 0) is 6.08 Å². The van der Waals surface area contributed by atoms with E-state index in [2.05, 4.69) is 19.7 Å². The largest absolute Gasteiger partial charge is 0.467 e. The summed E-state index contributed by atoms with van der Waals surface area (Å²) in [4.78, 5) is 22.8. The molecule has 1 aromatic rings.